The lowest BCUT2D eigenvalue weighted by molar-refractivity contribution is 0.209. The Balaban J connectivity index is 1.31. The minimum absolute atomic E-state index is 0.0715. The lowest BCUT2D eigenvalue weighted by atomic mass is 9.98. The standard InChI is InChI=1S/C29H28N2O4S/c1-4-19(2)21-9-5-8-12-24(21)34-15-16-35-25-14-13-20(17-26(25)33-3)18-27-28(32)31-23-11-7-6-10-22(23)30-29(31)36-27/h5-14,17-19H,4,15-16H2,1-3H3/b27-18+/t19-/m0/s1. The van der Waals surface area contributed by atoms with Crippen molar-refractivity contribution in [3.63, 3.8) is 0 Å². The third-order valence-electron chi connectivity index (χ3n) is 6.29. The van der Waals surface area contributed by atoms with E-state index in [9.17, 15) is 4.79 Å². The zero-order valence-electron chi connectivity index (χ0n) is 20.6. The van der Waals surface area contributed by atoms with Crippen molar-refractivity contribution >= 4 is 33.4 Å². The Morgan fingerprint density at radius 1 is 0.972 bits per heavy atom. The Kier molecular flexibility index (Phi) is 6.91. The molecule has 2 aromatic heterocycles. The molecule has 0 amide bonds. The summed E-state index contributed by atoms with van der Waals surface area (Å²) in [4.78, 5) is 18.3. The number of fused-ring (bicyclic) bond motifs is 3. The molecule has 36 heavy (non-hydrogen) atoms. The molecule has 0 saturated heterocycles. The van der Waals surface area contributed by atoms with Crippen LogP contribution in [0.2, 0.25) is 0 Å². The van der Waals surface area contributed by atoms with Crippen LogP contribution in [0.15, 0.2) is 71.5 Å². The van der Waals surface area contributed by atoms with Crippen LogP contribution >= 0.6 is 11.3 Å². The van der Waals surface area contributed by atoms with Crippen LogP contribution in [0.25, 0.3) is 22.1 Å². The zero-order valence-corrected chi connectivity index (χ0v) is 21.4. The summed E-state index contributed by atoms with van der Waals surface area (Å²) in [5.41, 5.74) is 3.64. The zero-order chi connectivity index (χ0) is 25.1. The first kappa shape index (κ1) is 23.9. The number of benzene rings is 3. The maximum atomic E-state index is 13.0. The molecule has 6 nitrogen and oxygen atoms in total. The predicted molar refractivity (Wildman–Crippen MR) is 145 cm³/mol. The van der Waals surface area contributed by atoms with E-state index >= 15 is 0 Å². The molecule has 1 atom stereocenters. The minimum Gasteiger partial charge on any atom is -0.493 e. The molecule has 0 aliphatic rings. The number of rotatable bonds is 9. The van der Waals surface area contributed by atoms with E-state index in [1.807, 2.05) is 66.7 Å². The second kappa shape index (κ2) is 10.4. The third-order valence-corrected chi connectivity index (χ3v) is 7.26. The van der Waals surface area contributed by atoms with E-state index in [0.29, 0.717) is 40.1 Å². The van der Waals surface area contributed by atoms with Gasteiger partial charge in [0.2, 0.25) is 0 Å². The van der Waals surface area contributed by atoms with E-state index in [4.69, 9.17) is 14.2 Å². The highest BCUT2D eigenvalue weighted by Crippen LogP contribution is 2.30. The number of nitrogens with zero attached hydrogens (tertiary/aromatic N) is 2. The van der Waals surface area contributed by atoms with Gasteiger partial charge in [-0.15, -0.1) is 0 Å². The molecule has 184 valence electrons. The molecule has 0 aliphatic carbocycles. The minimum atomic E-state index is -0.0715. The van der Waals surface area contributed by atoms with Gasteiger partial charge in [0.15, 0.2) is 16.5 Å². The van der Waals surface area contributed by atoms with Gasteiger partial charge in [-0.1, -0.05) is 61.6 Å². The molecule has 0 spiro atoms. The van der Waals surface area contributed by atoms with Gasteiger partial charge >= 0.3 is 0 Å². The van der Waals surface area contributed by atoms with E-state index in [2.05, 4.69) is 24.9 Å². The van der Waals surface area contributed by atoms with Crippen LogP contribution in [0, 0.1) is 0 Å². The Morgan fingerprint density at radius 2 is 1.72 bits per heavy atom. The number of hydrogen-bond acceptors (Lipinski definition) is 6. The number of imidazole rings is 1. The lowest BCUT2D eigenvalue weighted by Gasteiger charge is -2.16. The summed E-state index contributed by atoms with van der Waals surface area (Å²) < 4.78 is 19.8. The molecule has 0 unspecified atom stereocenters. The second-order valence-corrected chi connectivity index (χ2v) is 9.60. The summed E-state index contributed by atoms with van der Waals surface area (Å²) in [5, 5.41) is 0. The number of hydrogen-bond donors (Lipinski definition) is 0. The topological polar surface area (TPSA) is 62.1 Å². The molecule has 7 heteroatoms. The molecular weight excluding hydrogens is 472 g/mol. The van der Waals surface area contributed by atoms with Crippen molar-refractivity contribution in [3.05, 3.63) is 92.7 Å². The smallest absolute Gasteiger partial charge is 0.274 e. The summed E-state index contributed by atoms with van der Waals surface area (Å²) in [6.07, 6.45) is 2.91. The summed E-state index contributed by atoms with van der Waals surface area (Å²) in [6, 6.07) is 21.4. The van der Waals surface area contributed by atoms with Gasteiger partial charge in [0, 0.05) is 0 Å². The van der Waals surface area contributed by atoms with Gasteiger partial charge in [-0.05, 0) is 59.9 Å². The van der Waals surface area contributed by atoms with Gasteiger partial charge in [0.05, 0.1) is 22.7 Å². The maximum Gasteiger partial charge on any atom is 0.274 e. The van der Waals surface area contributed by atoms with Crippen LogP contribution in [0.5, 0.6) is 17.2 Å². The first-order chi connectivity index (χ1) is 17.6. The van der Waals surface area contributed by atoms with Gasteiger partial charge in [0.25, 0.3) is 5.56 Å². The number of thiazole rings is 1. The number of para-hydroxylation sites is 3. The molecule has 0 N–H and O–H groups in total. The van der Waals surface area contributed by atoms with E-state index in [1.165, 1.54) is 16.9 Å². The van der Waals surface area contributed by atoms with E-state index in [-0.39, 0.29) is 5.56 Å². The first-order valence-electron chi connectivity index (χ1n) is 12.0. The number of methoxy groups -OCH3 is 1. The normalized spacial score (nSPS) is 12.8. The van der Waals surface area contributed by atoms with Crippen LogP contribution < -0.4 is 24.3 Å². The molecule has 0 bridgehead atoms. The number of aromatic nitrogens is 2. The maximum absolute atomic E-state index is 13.0. The molecule has 0 fully saturated rings. The van der Waals surface area contributed by atoms with Crippen LogP contribution in [0.3, 0.4) is 0 Å². The average Bonchev–Trinajstić information content (AvgIpc) is 3.42. The Hall–Kier alpha value is -3.84. The summed E-state index contributed by atoms with van der Waals surface area (Å²) in [7, 11) is 1.61. The molecule has 0 saturated carbocycles. The molecule has 5 rings (SSSR count). The molecule has 3 aromatic carbocycles. The van der Waals surface area contributed by atoms with Crippen molar-refractivity contribution < 1.29 is 14.2 Å². The van der Waals surface area contributed by atoms with Gasteiger partial charge in [0.1, 0.15) is 19.0 Å². The SMILES string of the molecule is CC[C@H](C)c1ccccc1OCCOc1ccc(/C=c2/sc3nc4ccccc4n3c2=O)cc1OC. The molecule has 0 radical (unpaired) electrons. The van der Waals surface area contributed by atoms with Crippen molar-refractivity contribution in [2.75, 3.05) is 20.3 Å². The van der Waals surface area contributed by atoms with Crippen LogP contribution in [-0.2, 0) is 0 Å². The summed E-state index contributed by atoms with van der Waals surface area (Å²) >= 11 is 1.38. The first-order valence-corrected chi connectivity index (χ1v) is 12.8. The Labute approximate surface area is 213 Å². The fourth-order valence-electron chi connectivity index (χ4n) is 4.20. The van der Waals surface area contributed by atoms with Crippen molar-refractivity contribution in [3.8, 4) is 17.2 Å². The highest BCUT2D eigenvalue weighted by molar-refractivity contribution is 7.15. The van der Waals surface area contributed by atoms with Crippen molar-refractivity contribution in [1.29, 1.82) is 0 Å². The summed E-state index contributed by atoms with van der Waals surface area (Å²) in [6.45, 7) is 5.18. The fourth-order valence-corrected chi connectivity index (χ4v) is 5.19. The molecule has 5 aromatic rings. The van der Waals surface area contributed by atoms with Crippen molar-refractivity contribution in [1.82, 2.24) is 9.38 Å². The summed E-state index contributed by atoms with van der Waals surface area (Å²) in [5.74, 6) is 2.56. The highest BCUT2D eigenvalue weighted by Gasteiger charge is 2.12. The van der Waals surface area contributed by atoms with Crippen molar-refractivity contribution in [2.45, 2.75) is 26.2 Å². The van der Waals surface area contributed by atoms with E-state index < -0.39 is 0 Å². The largest absolute Gasteiger partial charge is 0.493 e. The van der Waals surface area contributed by atoms with E-state index in [1.54, 1.807) is 11.5 Å². The molecule has 2 heterocycles. The van der Waals surface area contributed by atoms with Crippen LogP contribution in [-0.4, -0.2) is 29.7 Å². The van der Waals surface area contributed by atoms with Crippen LogP contribution in [0.4, 0.5) is 0 Å². The second-order valence-electron chi connectivity index (χ2n) is 8.59. The fraction of sp³-hybridized carbons (Fsp3) is 0.241. The Bertz CT molecular complexity index is 1620. The van der Waals surface area contributed by atoms with Gasteiger partial charge in [-0.25, -0.2) is 9.38 Å². The van der Waals surface area contributed by atoms with Gasteiger partial charge in [-0.2, -0.15) is 0 Å². The molecule has 0 aliphatic heterocycles. The lowest BCUT2D eigenvalue weighted by Crippen LogP contribution is -2.22. The highest BCUT2D eigenvalue weighted by atomic mass is 32.1. The van der Waals surface area contributed by atoms with Gasteiger partial charge in [-0.3, -0.25) is 4.79 Å². The van der Waals surface area contributed by atoms with Gasteiger partial charge < -0.3 is 14.2 Å². The third kappa shape index (κ3) is 4.66. The number of ether oxygens (including phenoxy) is 3. The monoisotopic (exact) mass is 500 g/mol. The molecular formula is C29H28N2O4S. The van der Waals surface area contributed by atoms with Crippen LogP contribution in [0.1, 0.15) is 37.3 Å². The van der Waals surface area contributed by atoms with E-state index in [0.717, 1.165) is 28.8 Å². The Morgan fingerprint density at radius 3 is 2.53 bits per heavy atom. The van der Waals surface area contributed by atoms with Crippen molar-refractivity contribution in [2.24, 2.45) is 0 Å². The quantitative estimate of drug-likeness (QED) is 0.252. The average molecular weight is 501 g/mol. The predicted octanol–water partition coefficient (Wildman–Crippen LogP) is 5.44.